The minimum atomic E-state index is -0.533. The third-order valence-electron chi connectivity index (χ3n) is 2.48. The van der Waals surface area contributed by atoms with Crippen LogP contribution in [0.5, 0.6) is 5.75 Å². The number of H-pyrrole nitrogens is 1. The first-order valence-corrected chi connectivity index (χ1v) is 5.12. The summed E-state index contributed by atoms with van der Waals surface area (Å²) in [6, 6.07) is 7.37. The Morgan fingerprint density at radius 2 is 2.18 bits per heavy atom. The summed E-state index contributed by atoms with van der Waals surface area (Å²) >= 11 is 0. The molecule has 1 aromatic heterocycles. The van der Waals surface area contributed by atoms with E-state index < -0.39 is 5.91 Å². The molecule has 3 N–H and O–H groups in total. The fourth-order valence-electron chi connectivity index (χ4n) is 1.60. The molecule has 0 aliphatic carbocycles. The quantitative estimate of drug-likeness (QED) is 0.839. The van der Waals surface area contributed by atoms with Gasteiger partial charge in [0.05, 0.1) is 12.8 Å². The number of benzene rings is 1. The summed E-state index contributed by atoms with van der Waals surface area (Å²) in [5.41, 5.74) is 7.99. The van der Waals surface area contributed by atoms with Crippen molar-refractivity contribution in [3.8, 4) is 17.0 Å². The molecule has 0 atom stereocenters. The fraction of sp³-hybridized carbons (Fsp3) is 0.167. The van der Waals surface area contributed by atoms with Gasteiger partial charge >= 0.3 is 0 Å². The largest absolute Gasteiger partial charge is 0.496 e. The van der Waals surface area contributed by atoms with Gasteiger partial charge in [-0.1, -0.05) is 6.07 Å². The predicted molar refractivity (Wildman–Crippen MR) is 63.8 cm³/mol. The number of rotatable bonds is 3. The second kappa shape index (κ2) is 4.29. The maximum Gasteiger partial charge on any atom is 0.266 e. The maximum atomic E-state index is 11.0. The van der Waals surface area contributed by atoms with Gasteiger partial charge < -0.3 is 10.5 Å². The molecule has 5 nitrogen and oxygen atoms in total. The first-order valence-electron chi connectivity index (χ1n) is 5.12. The number of aryl methyl sites for hydroxylation is 1. The van der Waals surface area contributed by atoms with Gasteiger partial charge in [0.25, 0.3) is 5.91 Å². The average molecular weight is 231 g/mol. The Bertz CT molecular complexity index is 561. The Hall–Kier alpha value is -2.30. The highest BCUT2D eigenvalue weighted by Crippen LogP contribution is 2.29. The number of nitrogens with two attached hydrogens (primary N) is 1. The van der Waals surface area contributed by atoms with Crippen LogP contribution in [0.3, 0.4) is 0 Å². The molecule has 0 spiro atoms. The maximum absolute atomic E-state index is 11.0. The summed E-state index contributed by atoms with van der Waals surface area (Å²) in [6.07, 6.45) is 0. The number of carbonyl (C=O) groups excluding carboxylic acids is 1. The van der Waals surface area contributed by atoms with E-state index in [0.717, 1.165) is 11.1 Å². The number of amides is 1. The van der Waals surface area contributed by atoms with Crippen LogP contribution >= 0.6 is 0 Å². The van der Waals surface area contributed by atoms with Gasteiger partial charge in [-0.2, -0.15) is 5.10 Å². The zero-order chi connectivity index (χ0) is 12.4. The molecular formula is C12H13N3O2. The molecule has 0 aliphatic heterocycles. The van der Waals surface area contributed by atoms with Crippen molar-refractivity contribution in [2.75, 3.05) is 7.11 Å². The van der Waals surface area contributed by atoms with Crippen LogP contribution in [-0.2, 0) is 0 Å². The summed E-state index contributed by atoms with van der Waals surface area (Å²) in [4.78, 5) is 11.0. The number of hydrogen-bond donors (Lipinski definition) is 2. The second-order valence-corrected chi connectivity index (χ2v) is 3.73. The first-order chi connectivity index (χ1) is 8.11. The number of primary amides is 1. The zero-order valence-electron chi connectivity index (χ0n) is 9.65. The highest BCUT2D eigenvalue weighted by Gasteiger charge is 2.11. The molecule has 1 amide bonds. The Kier molecular flexibility index (Phi) is 2.82. The zero-order valence-corrected chi connectivity index (χ0v) is 9.65. The van der Waals surface area contributed by atoms with Crippen molar-refractivity contribution in [2.45, 2.75) is 6.92 Å². The summed E-state index contributed by atoms with van der Waals surface area (Å²) in [7, 11) is 1.60. The third-order valence-corrected chi connectivity index (χ3v) is 2.48. The fourth-order valence-corrected chi connectivity index (χ4v) is 1.60. The van der Waals surface area contributed by atoms with E-state index in [9.17, 15) is 4.79 Å². The van der Waals surface area contributed by atoms with Crippen LogP contribution in [0, 0.1) is 6.92 Å². The molecule has 0 unspecified atom stereocenters. The normalized spacial score (nSPS) is 10.2. The molecule has 0 saturated heterocycles. The number of hydrogen-bond acceptors (Lipinski definition) is 3. The molecule has 0 bridgehead atoms. The first kappa shape index (κ1) is 11.2. The predicted octanol–water partition coefficient (Wildman–Crippen LogP) is 1.49. The topological polar surface area (TPSA) is 81.0 Å². The number of aromatic nitrogens is 2. The van der Waals surface area contributed by atoms with Crippen LogP contribution in [0.15, 0.2) is 24.3 Å². The lowest BCUT2D eigenvalue weighted by molar-refractivity contribution is 0.0995. The number of methoxy groups -OCH3 is 1. The van der Waals surface area contributed by atoms with E-state index in [2.05, 4.69) is 10.2 Å². The number of nitrogens with one attached hydrogen (secondary N) is 1. The van der Waals surface area contributed by atoms with Gasteiger partial charge in [-0.05, 0) is 30.7 Å². The van der Waals surface area contributed by atoms with E-state index in [-0.39, 0.29) is 5.69 Å². The molecule has 2 rings (SSSR count). The molecule has 0 saturated carbocycles. The number of nitrogens with zero attached hydrogens (tertiary/aromatic N) is 1. The van der Waals surface area contributed by atoms with Crippen LogP contribution < -0.4 is 10.5 Å². The molecule has 88 valence electrons. The highest BCUT2D eigenvalue weighted by atomic mass is 16.5. The van der Waals surface area contributed by atoms with E-state index in [1.54, 1.807) is 13.2 Å². The number of ether oxygens (including phenoxy) is 1. The lowest BCUT2D eigenvalue weighted by atomic mass is 10.1. The summed E-state index contributed by atoms with van der Waals surface area (Å²) in [6.45, 7) is 1.98. The Morgan fingerprint density at radius 3 is 2.76 bits per heavy atom. The molecule has 5 heteroatoms. The Labute approximate surface area is 98.6 Å². The van der Waals surface area contributed by atoms with E-state index in [4.69, 9.17) is 10.5 Å². The van der Waals surface area contributed by atoms with Crippen molar-refractivity contribution in [3.05, 3.63) is 35.5 Å². The molecule has 0 radical (unpaired) electrons. The Balaban J connectivity index is 2.48. The molecule has 1 heterocycles. The summed E-state index contributed by atoms with van der Waals surface area (Å²) in [5, 5.41) is 6.63. The average Bonchev–Trinajstić information content (AvgIpc) is 2.78. The third kappa shape index (κ3) is 2.13. The lowest BCUT2D eigenvalue weighted by Crippen LogP contribution is -2.10. The second-order valence-electron chi connectivity index (χ2n) is 3.73. The van der Waals surface area contributed by atoms with Gasteiger partial charge in [0.15, 0.2) is 0 Å². The molecule has 17 heavy (non-hydrogen) atoms. The van der Waals surface area contributed by atoms with Crippen LogP contribution in [0.4, 0.5) is 0 Å². The van der Waals surface area contributed by atoms with E-state index in [1.807, 2.05) is 25.1 Å². The molecule has 1 aromatic carbocycles. The minimum absolute atomic E-state index is 0.280. The smallest absolute Gasteiger partial charge is 0.266 e. The molecule has 0 fully saturated rings. The van der Waals surface area contributed by atoms with Gasteiger partial charge in [0, 0.05) is 5.56 Å². The van der Waals surface area contributed by atoms with E-state index >= 15 is 0 Å². The van der Waals surface area contributed by atoms with Crippen LogP contribution in [0.25, 0.3) is 11.3 Å². The standard InChI is InChI=1S/C12H13N3O2/c1-7-3-4-8(11(5-7)17-2)9-6-10(12(13)16)15-14-9/h3-6H,1-2H3,(H2,13,16)(H,14,15). The monoisotopic (exact) mass is 231 g/mol. The molecular weight excluding hydrogens is 218 g/mol. The van der Waals surface area contributed by atoms with Crippen LogP contribution in [0.1, 0.15) is 16.1 Å². The van der Waals surface area contributed by atoms with Crippen molar-refractivity contribution < 1.29 is 9.53 Å². The van der Waals surface area contributed by atoms with Gasteiger partial charge in [0.1, 0.15) is 11.4 Å². The highest BCUT2D eigenvalue weighted by molar-refractivity contribution is 5.92. The van der Waals surface area contributed by atoms with Crippen molar-refractivity contribution in [3.63, 3.8) is 0 Å². The van der Waals surface area contributed by atoms with Crippen molar-refractivity contribution >= 4 is 5.91 Å². The SMILES string of the molecule is COc1cc(C)ccc1-c1cc(C(N)=O)[nH]n1. The van der Waals surface area contributed by atoms with Crippen molar-refractivity contribution in [1.29, 1.82) is 0 Å². The lowest BCUT2D eigenvalue weighted by Gasteiger charge is -2.06. The number of carbonyl (C=O) groups is 1. The Morgan fingerprint density at radius 1 is 1.41 bits per heavy atom. The van der Waals surface area contributed by atoms with Crippen LogP contribution in [0.2, 0.25) is 0 Å². The van der Waals surface area contributed by atoms with Crippen molar-refractivity contribution in [1.82, 2.24) is 10.2 Å². The van der Waals surface area contributed by atoms with E-state index in [1.165, 1.54) is 0 Å². The van der Waals surface area contributed by atoms with Gasteiger partial charge in [-0.25, -0.2) is 0 Å². The van der Waals surface area contributed by atoms with Crippen molar-refractivity contribution in [2.24, 2.45) is 5.73 Å². The minimum Gasteiger partial charge on any atom is -0.496 e. The van der Waals surface area contributed by atoms with Crippen LogP contribution in [-0.4, -0.2) is 23.2 Å². The van der Waals surface area contributed by atoms with E-state index in [0.29, 0.717) is 11.4 Å². The van der Waals surface area contributed by atoms with Gasteiger partial charge in [0.2, 0.25) is 0 Å². The summed E-state index contributed by atoms with van der Waals surface area (Å²) < 4.78 is 5.28. The van der Waals surface area contributed by atoms with Gasteiger partial charge in [-0.3, -0.25) is 9.89 Å². The molecule has 0 aliphatic rings. The van der Waals surface area contributed by atoms with Gasteiger partial charge in [-0.15, -0.1) is 0 Å². The number of aromatic amines is 1. The molecule has 2 aromatic rings. The summed E-state index contributed by atoms with van der Waals surface area (Å²) in [5.74, 6) is 0.183.